The lowest BCUT2D eigenvalue weighted by atomic mass is 10.2. The zero-order valence-electron chi connectivity index (χ0n) is 11.5. The Bertz CT molecular complexity index is 818. The van der Waals surface area contributed by atoms with Crippen LogP contribution in [-0.2, 0) is 0 Å². The molecule has 22 heavy (non-hydrogen) atoms. The normalized spacial score (nSPS) is 10.7. The summed E-state index contributed by atoms with van der Waals surface area (Å²) in [6, 6.07) is 11.0. The van der Waals surface area contributed by atoms with E-state index in [4.69, 9.17) is 16.3 Å². The lowest BCUT2D eigenvalue weighted by Crippen LogP contribution is -2.38. The average Bonchev–Trinajstić information content (AvgIpc) is 2.92. The summed E-state index contributed by atoms with van der Waals surface area (Å²) in [7, 11) is 1.57. The fourth-order valence-corrected chi connectivity index (χ4v) is 2.21. The second-order valence-electron chi connectivity index (χ2n) is 4.52. The molecule has 1 aromatic heterocycles. The van der Waals surface area contributed by atoms with Crippen LogP contribution >= 0.6 is 11.6 Å². The topological polar surface area (TPSA) is 54.0 Å². The minimum atomic E-state index is -0.551. The van der Waals surface area contributed by atoms with E-state index in [2.05, 4.69) is 5.10 Å². The number of ether oxygens (including phenoxy) is 1. The highest BCUT2D eigenvalue weighted by atomic mass is 35.5. The van der Waals surface area contributed by atoms with E-state index in [0.717, 1.165) is 4.80 Å². The van der Waals surface area contributed by atoms with Gasteiger partial charge in [-0.15, -0.1) is 4.85 Å². The first-order chi connectivity index (χ1) is 10.6. The van der Waals surface area contributed by atoms with Gasteiger partial charge < -0.3 is 9.94 Å². The summed E-state index contributed by atoms with van der Waals surface area (Å²) in [6.45, 7) is 0. The molecule has 0 amide bonds. The van der Waals surface area contributed by atoms with Crippen LogP contribution in [0.25, 0.3) is 16.9 Å². The van der Waals surface area contributed by atoms with E-state index in [1.807, 2.05) is 0 Å². The number of rotatable bonds is 3. The first-order valence-corrected chi connectivity index (χ1v) is 6.75. The van der Waals surface area contributed by atoms with Gasteiger partial charge in [0.15, 0.2) is 0 Å². The fourth-order valence-electron chi connectivity index (χ4n) is 2.04. The molecule has 3 rings (SSSR count). The van der Waals surface area contributed by atoms with Gasteiger partial charge in [-0.1, -0.05) is 11.6 Å². The number of hydrogen-bond acceptors (Lipinski definition) is 3. The quantitative estimate of drug-likeness (QED) is 0.551. The van der Waals surface area contributed by atoms with Crippen LogP contribution in [0.15, 0.2) is 48.7 Å². The van der Waals surface area contributed by atoms with Gasteiger partial charge in [0.1, 0.15) is 17.3 Å². The lowest BCUT2D eigenvalue weighted by molar-refractivity contribution is -0.678. The molecule has 2 aromatic carbocycles. The van der Waals surface area contributed by atoms with Crippen molar-refractivity contribution in [1.29, 1.82) is 0 Å². The number of halogens is 2. The van der Waals surface area contributed by atoms with E-state index >= 15 is 0 Å². The van der Waals surface area contributed by atoms with E-state index in [9.17, 15) is 9.60 Å². The van der Waals surface area contributed by atoms with Crippen molar-refractivity contribution < 1.29 is 14.0 Å². The van der Waals surface area contributed by atoms with Crippen LogP contribution in [0.4, 0.5) is 4.39 Å². The van der Waals surface area contributed by atoms with Gasteiger partial charge in [-0.05, 0) is 47.3 Å². The minimum Gasteiger partial charge on any atom is -0.692 e. The number of benzene rings is 2. The van der Waals surface area contributed by atoms with E-state index in [1.165, 1.54) is 24.4 Å². The minimum absolute atomic E-state index is 0.0704. The van der Waals surface area contributed by atoms with Crippen molar-refractivity contribution >= 4 is 11.6 Å². The van der Waals surface area contributed by atoms with Gasteiger partial charge in [-0.2, -0.15) is 0 Å². The van der Waals surface area contributed by atoms with Crippen LogP contribution < -0.4 is 9.58 Å². The van der Waals surface area contributed by atoms with Crippen molar-refractivity contribution in [2.45, 2.75) is 0 Å². The second-order valence-corrected chi connectivity index (χ2v) is 4.93. The standard InChI is InChI=1S/C15H11ClFN3O2/c1-22-12-5-2-10(3-6-12)15-9-18-19(20(15)21)11-4-7-14(17)13(16)8-11/h2-9H,1H3. The molecule has 0 N–H and O–H groups in total. The Morgan fingerprint density at radius 2 is 1.95 bits per heavy atom. The number of nitrogens with zero attached hydrogens (tertiary/aromatic N) is 3. The monoisotopic (exact) mass is 319 g/mol. The van der Waals surface area contributed by atoms with Gasteiger partial charge in [-0.3, -0.25) is 0 Å². The Kier molecular flexibility index (Phi) is 3.68. The average molecular weight is 320 g/mol. The Morgan fingerprint density at radius 3 is 2.59 bits per heavy atom. The highest BCUT2D eigenvalue weighted by Gasteiger charge is 2.17. The molecule has 0 fully saturated rings. The summed E-state index contributed by atoms with van der Waals surface area (Å²) >= 11 is 5.73. The van der Waals surface area contributed by atoms with Gasteiger partial charge in [0, 0.05) is 10.7 Å². The van der Waals surface area contributed by atoms with Crippen molar-refractivity contribution in [3.8, 4) is 22.7 Å². The molecule has 0 saturated carbocycles. The number of hydrogen-bond donors (Lipinski definition) is 0. The zero-order valence-corrected chi connectivity index (χ0v) is 12.3. The van der Waals surface area contributed by atoms with Crippen LogP contribution in [0.2, 0.25) is 5.02 Å². The predicted molar refractivity (Wildman–Crippen MR) is 79.5 cm³/mol. The Hall–Kier alpha value is -2.60. The summed E-state index contributed by atoms with van der Waals surface area (Å²) in [6.07, 6.45) is 1.44. The van der Waals surface area contributed by atoms with Crippen LogP contribution in [0.5, 0.6) is 5.75 Å². The highest BCUT2D eigenvalue weighted by Crippen LogP contribution is 2.21. The van der Waals surface area contributed by atoms with Gasteiger partial charge >= 0.3 is 0 Å². The van der Waals surface area contributed by atoms with E-state index in [1.54, 1.807) is 31.4 Å². The summed E-state index contributed by atoms with van der Waals surface area (Å²) in [5.74, 6) is 0.143. The summed E-state index contributed by atoms with van der Waals surface area (Å²) < 4.78 is 18.3. The molecule has 0 aliphatic carbocycles. The first kappa shape index (κ1) is 14.3. The molecular weight excluding hydrogens is 309 g/mol. The maximum absolute atomic E-state index is 13.2. The van der Waals surface area contributed by atoms with E-state index < -0.39 is 5.82 Å². The molecule has 112 valence electrons. The molecule has 0 atom stereocenters. The maximum atomic E-state index is 13.2. The summed E-state index contributed by atoms with van der Waals surface area (Å²) in [4.78, 5) is 1.72. The van der Waals surface area contributed by atoms with Gasteiger partial charge in [0.25, 0.3) is 0 Å². The van der Waals surface area contributed by atoms with E-state index in [0.29, 0.717) is 27.5 Å². The summed E-state index contributed by atoms with van der Waals surface area (Å²) in [5, 5.41) is 16.3. The highest BCUT2D eigenvalue weighted by molar-refractivity contribution is 6.30. The van der Waals surface area contributed by atoms with Crippen molar-refractivity contribution in [2.75, 3.05) is 7.11 Å². The van der Waals surface area contributed by atoms with Crippen LogP contribution in [0, 0.1) is 11.0 Å². The lowest BCUT2D eigenvalue weighted by Gasteiger charge is -2.07. The fraction of sp³-hybridized carbons (Fsp3) is 0.0667. The second kappa shape index (κ2) is 5.65. The first-order valence-electron chi connectivity index (χ1n) is 6.38. The van der Waals surface area contributed by atoms with Crippen LogP contribution in [0.1, 0.15) is 0 Å². The molecule has 1 heterocycles. The van der Waals surface area contributed by atoms with Gasteiger partial charge in [0.2, 0.25) is 11.9 Å². The largest absolute Gasteiger partial charge is 0.692 e. The number of aromatic nitrogens is 3. The SMILES string of the molecule is COc1ccc(-c2cnn(-c3ccc(F)c(Cl)c3)[n+]2[O-])cc1. The van der Waals surface area contributed by atoms with Crippen LogP contribution in [-0.4, -0.2) is 17.0 Å². The third-order valence-corrected chi connectivity index (χ3v) is 3.48. The molecule has 3 aromatic rings. The molecule has 0 radical (unpaired) electrons. The van der Waals surface area contributed by atoms with E-state index in [-0.39, 0.29) is 5.02 Å². The third kappa shape index (κ3) is 2.48. The van der Waals surface area contributed by atoms with Crippen molar-refractivity contribution in [3.63, 3.8) is 0 Å². The van der Waals surface area contributed by atoms with Crippen LogP contribution in [0.3, 0.4) is 0 Å². The van der Waals surface area contributed by atoms with Gasteiger partial charge in [-0.25, -0.2) is 4.39 Å². The molecule has 7 heteroatoms. The van der Waals surface area contributed by atoms with Crippen molar-refractivity contribution in [1.82, 2.24) is 9.90 Å². The smallest absolute Gasteiger partial charge is 0.215 e. The molecule has 0 aliphatic heterocycles. The Morgan fingerprint density at radius 1 is 1.23 bits per heavy atom. The maximum Gasteiger partial charge on any atom is 0.215 e. The number of methoxy groups -OCH3 is 1. The molecule has 5 nitrogen and oxygen atoms in total. The molecular formula is C15H11ClFN3O2. The van der Waals surface area contributed by atoms with Crippen molar-refractivity contribution in [2.24, 2.45) is 0 Å². The molecule has 0 spiro atoms. The molecule has 0 unspecified atom stereocenters. The predicted octanol–water partition coefficient (Wildman–Crippen LogP) is 2.97. The third-order valence-electron chi connectivity index (χ3n) is 3.19. The Balaban J connectivity index is 2.02. The van der Waals surface area contributed by atoms with Gasteiger partial charge in [0.05, 0.1) is 12.1 Å². The molecule has 0 saturated heterocycles. The summed E-state index contributed by atoms with van der Waals surface area (Å²) in [5.41, 5.74) is 1.43. The molecule has 0 aliphatic rings. The molecule has 0 bridgehead atoms. The Labute approximate surface area is 130 Å². The van der Waals surface area contributed by atoms with Crippen molar-refractivity contribution in [3.05, 3.63) is 64.7 Å². The zero-order chi connectivity index (χ0) is 15.7.